The van der Waals surface area contributed by atoms with Gasteiger partial charge in [0.1, 0.15) is 0 Å². The molecule has 1 fully saturated rings. The van der Waals surface area contributed by atoms with Crippen LogP contribution in [0.3, 0.4) is 0 Å². The van der Waals surface area contributed by atoms with Crippen LogP contribution in [0.1, 0.15) is 32.1 Å². The first-order chi connectivity index (χ1) is 4.97. The van der Waals surface area contributed by atoms with Crippen molar-refractivity contribution >= 4 is 0 Å². The van der Waals surface area contributed by atoms with Crippen molar-refractivity contribution in [3.8, 4) is 0 Å². The smallest absolute Gasteiger partial charge is 1.00 e. The first kappa shape index (κ1) is 16.9. The Hall–Kier alpha value is 1.52. The van der Waals surface area contributed by atoms with Crippen LogP contribution in [0.4, 0.5) is 0 Å². The maximum atomic E-state index is 2.28. The second-order valence-corrected chi connectivity index (χ2v) is 3.13. The van der Waals surface area contributed by atoms with Crippen LogP contribution in [0.15, 0.2) is 23.8 Å². The fourth-order valence-corrected chi connectivity index (χ4v) is 1.83. The van der Waals surface area contributed by atoms with Crippen LogP contribution in [0.2, 0.25) is 0 Å². The maximum Gasteiger partial charge on any atom is 3.00 e. The fourth-order valence-electron chi connectivity index (χ4n) is 1.83. The van der Waals surface area contributed by atoms with Crippen molar-refractivity contribution in [3.05, 3.63) is 29.7 Å². The molecule has 0 bridgehead atoms. The molecular formula is C10H13I2Ti. The van der Waals surface area contributed by atoms with Crippen LogP contribution < -0.4 is 48.0 Å². The van der Waals surface area contributed by atoms with Crippen LogP contribution in [-0.4, -0.2) is 0 Å². The quantitative estimate of drug-likeness (QED) is 0.235. The molecule has 0 amide bonds. The molecule has 2 rings (SSSR count). The average Bonchev–Trinajstić information content (AvgIpc) is 2.59. The summed E-state index contributed by atoms with van der Waals surface area (Å²) in [5.74, 6) is 1.73. The molecule has 0 nitrogen and oxygen atoms in total. The first-order valence-corrected chi connectivity index (χ1v) is 4.17. The fraction of sp³-hybridized carbons (Fsp3) is 0.500. The molecule has 0 saturated heterocycles. The van der Waals surface area contributed by atoms with E-state index in [0.717, 1.165) is 0 Å². The largest absolute Gasteiger partial charge is 3.00 e. The molecule has 2 aliphatic carbocycles. The van der Waals surface area contributed by atoms with Gasteiger partial charge in [-0.1, -0.05) is 25.7 Å². The Morgan fingerprint density at radius 1 is 1.08 bits per heavy atom. The third kappa shape index (κ3) is 4.71. The minimum absolute atomic E-state index is 0. The van der Waals surface area contributed by atoms with Gasteiger partial charge in [0.2, 0.25) is 0 Å². The zero-order valence-electron chi connectivity index (χ0n) is 7.52. The molecule has 1 radical (unpaired) electrons. The Morgan fingerprint density at radius 2 is 1.69 bits per heavy atom. The molecule has 0 N–H and O–H groups in total. The van der Waals surface area contributed by atoms with E-state index in [9.17, 15) is 0 Å². The molecule has 2 aliphatic rings. The summed E-state index contributed by atoms with van der Waals surface area (Å²) < 4.78 is 0. The van der Waals surface area contributed by atoms with Gasteiger partial charge in [-0.2, -0.15) is 0 Å². The van der Waals surface area contributed by atoms with Gasteiger partial charge in [0.15, 0.2) is 0 Å². The summed E-state index contributed by atoms with van der Waals surface area (Å²) in [6.45, 7) is 0. The molecule has 0 spiro atoms. The van der Waals surface area contributed by atoms with Gasteiger partial charge in [-0.3, -0.25) is 0 Å². The van der Waals surface area contributed by atoms with E-state index in [4.69, 9.17) is 0 Å². The van der Waals surface area contributed by atoms with Crippen molar-refractivity contribution in [3.63, 3.8) is 0 Å². The molecule has 71 valence electrons. The standard InChI is InChI=1S/C10H13.2HI.Ti/c1-2-6-9(5-1)10-7-3-4-8-10;;;/h1-2,5H,3-4,6-8H2;2*1H;/q-1;;;+3/p-2. The molecule has 0 unspecified atom stereocenters. The molecule has 1 saturated carbocycles. The third-order valence-corrected chi connectivity index (χ3v) is 2.43. The Bertz CT molecular complexity index is 181. The summed E-state index contributed by atoms with van der Waals surface area (Å²) in [5.41, 5.74) is 1.61. The van der Waals surface area contributed by atoms with Crippen LogP contribution >= 0.6 is 0 Å². The van der Waals surface area contributed by atoms with Crippen molar-refractivity contribution in [1.82, 2.24) is 0 Å². The van der Waals surface area contributed by atoms with Gasteiger partial charge in [0.25, 0.3) is 0 Å². The zero-order valence-corrected chi connectivity index (χ0v) is 13.4. The van der Waals surface area contributed by atoms with E-state index >= 15 is 0 Å². The molecule has 0 heterocycles. The number of rotatable bonds is 1. The molecule has 0 atom stereocenters. The summed E-state index contributed by atoms with van der Waals surface area (Å²) in [5, 5.41) is 0. The van der Waals surface area contributed by atoms with E-state index in [1.54, 1.807) is 11.5 Å². The monoisotopic (exact) mass is 435 g/mol. The number of halogens is 2. The molecule has 0 aromatic rings. The van der Waals surface area contributed by atoms with Gasteiger partial charge in [0.05, 0.1) is 0 Å². The van der Waals surface area contributed by atoms with E-state index in [0.29, 0.717) is 0 Å². The Balaban J connectivity index is 0. The molecule has 0 aromatic heterocycles. The van der Waals surface area contributed by atoms with Gasteiger partial charge < -0.3 is 48.0 Å². The van der Waals surface area contributed by atoms with Gasteiger partial charge in [0, 0.05) is 0 Å². The van der Waals surface area contributed by atoms with Crippen molar-refractivity contribution in [2.24, 2.45) is 0 Å². The Kier molecular flexibility index (Phi) is 11.5. The number of hydrogen-bond acceptors (Lipinski definition) is 0. The Morgan fingerprint density at radius 3 is 2.15 bits per heavy atom. The normalized spacial score (nSPS) is 18.5. The van der Waals surface area contributed by atoms with Gasteiger partial charge in [-0.05, 0) is 6.42 Å². The maximum absolute atomic E-state index is 2.28. The minimum Gasteiger partial charge on any atom is -1.00 e. The van der Waals surface area contributed by atoms with Gasteiger partial charge in [-0.15, -0.1) is 12.2 Å². The molecule has 0 aromatic carbocycles. The average molecular weight is 435 g/mol. The van der Waals surface area contributed by atoms with E-state index in [1.165, 1.54) is 32.1 Å². The van der Waals surface area contributed by atoms with E-state index in [1.807, 2.05) is 0 Å². The summed E-state index contributed by atoms with van der Waals surface area (Å²) in [4.78, 5) is 0. The molecule has 0 aliphatic heterocycles. The first-order valence-electron chi connectivity index (χ1n) is 4.17. The van der Waals surface area contributed by atoms with Crippen LogP contribution in [-0.2, 0) is 21.7 Å². The summed E-state index contributed by atoms with van der Waals surface area (Å²) in [7, 11) is 0. The topological polar surface area (TPSA) is 0 Å². The minimum atomic E-state index is 0. The van der Waals surface area contributed by atoms with Crippen molar-refractivity contribution < 1.29 is 69.7 Å². The van der Waals surface area contributed by atoms with Gasteiger partial charge in [-0.25, -0.2) is 17.6 Å². The summed E-state index contributed by atoms with van der Waals surface area (Å²) in [6.07, 6.45) is 13.5. The zero-order chi connectivity index (χ0) is 6.81. The van der Waals surface area contributed by atoms with Crippen molar-refractivity contribution in [1.29, 1.82) is 0 Å². The second kappa shape index (κ2) is 8.80. The number of allylic oxidation sites excluding steroid dienone is 4. The van der Waals surface area contributed by atoms with Crippen LogP contribution in [0.5, 0.6) is 0 Å². The summed E-state index contributed by atoms with van der Waals surface area (Å²) in [6, 6.07) is 0. The van der Waals surface area contributed by atoms with E-state index in [-0.39, 0.29) is 69.7 Å². The van der Waals surface area contributed by atoms with Crippen LogP contribution in [0, 0.1) is 5.92 Å². The van der Waals surface area contributed by atoms with E-state index in [2.05, 4.69) is 18.2 Å². The van der Waals surface area contributed by atoms with Crippen LogP contribution in [0.25, 0.3) is 0 Å². The molecule has 3 heteroatoms. The van der Waals surface area contributed by atoms with Crippen molar-refractivity contribution in [2.45, 2.75) is 32.1 Å². The molecule has 13 heavy (non-hydrogen) atoms. The van der Waals surface area contributed by atoms with Gasteiger partial charge >= 0.3 is 21.7 Å². The van der Waals surface area contributed by atoms with Crippen molar-refractivity contribution in [2.75, 3.05) is 0 Å². The van der Waals surface area contributed by atoms with E-state index < -0.39 is 0 Å². The Labute approximate surface area is 130 Å². The predicted octanol–water partition coefficient (Wildman–Crippen LogP) is -2.97. The predicted molar refractivity (Wildman–Crippen MR) is 43.6 cm³/mol. The third-order valence-electron chi connectivity index (χ3n) is 2.43. The second-order valence-electron chi connectivity index (χ2n) is 3.13. The SMILES string of the molecule is C1=CCC([C-]2CCCC2)=C1.[I-].[I-].[Ti+3]. The summed E-state index contributed by atoms with van der Waals surface area (Å²) >= 11 is 0. The molecular weight excluding hydrogens is 422 g/mol. The number of hydrogen-bond donors (Lipinski definition) is 0.